The molecule has 3 heteroatoms. The maximum Gasteiger partial charge on any atom is 0.180 e. The molecule has 0 aliphatic rings. The summed E-state index contributed by atoms with van der Waals surface area (Å²) >= 11 is 0. The molecule has 0 saturated carbocycles. The van der Waals surface area contributed by atoms with Crippen molar-refractivity contribution < 1.29 is 0 Å². The Morgan fingerprint density at radius 2 is 0.536 bits per heavy atom. The van der Waals surface area contributed by atoms with Gasteiger partial charge in [0.05, 0.1) is 0 Å². The Labute approximate surface area is 179 Å². The second-order valence-electron chi connectivity index (χ2n) is 9.07. The minimum Gasteiger partial charge on any atom is -0.263 e. The highest BCUT2D eigenvalue weighted by Gasteiger charge is 2.43. The maximum atomic E-state index is 2.77. The average molecular weight is 397 g/mol. The lowest BCUT2D eigenvalue weighted by atomic mass is 10.0. The van der Waals surface area contributed by atoms with Crippen molar-refractivity contribution in [2.24, 2.45) is 0 Å². The van der Waals surface area contributed by atoms with E-state index in [4.69, 9.17) is 0 Å². The lowest BCUT2D eigenvalue weighted by Gasteiger charge is -2.55. The first-order valence-electron chi connectivity index (χ1n) is 12.4. The molecule has 0 bridgehead atoms. The largest absolute Gasteiger partial charge is 0.263 e. The van der Waals surface area contributed by atoms with Crippen LogP contribution in [0.5, 0.6) is 0 Å². The van der Waals surface area contributed by atoms with Crippen LogP contribution in [0.25, 0.3) is 0 Å². The van der Waals surface area contributed by atoms with Crippen LogP contribution in [0, 0.1) is 6.29 Å². The summed E-state index contributed by atoms with van der Waals surface area (Å²) in [5.41, 5.74) is 0. The molecule has 0 heterocycles. The molecular formula is C25H54N3. The zero-order chi connectivity index (χ0) is 22.0. The van der Waals surface area contributed by atoms with Crippen LogP contribution in [0.4, 0.5) is 0 Å². The van der Waals surface area contributed by atoms with Gasteiger partial charge in [0.25, 0.3) is 0 Å². The predicted octanol–water partition coefficient (Wildman–Crippen LogP) is 7.13. The summed E-state index contributed by atoms with van der Waals surface area (Å²) in [6.45, 7) is 28.5. The third-order valence-corrected chi connectivity index (χ3v) is 7.09. The molecule has 0 aliphatic carbocycles. The highest BCUT2D eigenvalue weighted by atomic mass is 15.5. The van der Waals surface area contributed by atoms with Gasteiger partial charge in [-0.15, -0.1) is 0 Å². The van der Waals surface area contributed by atoms with Crippen LogP contribution < -0.4 is 0 Å². The van der Waals surface area contributed by atoms with Gasteiger partial charge in [-0.05, 0) is 80.1 Å². The van der Waals surface area contributed by atoms with Gasteiger partial charge in [0.2, 0.25) is 0 Å². The third kappa shape index (κ3) is 6.99. The van der Waals surface area contributed by atoms with Crippen LogP contribution >= 0.6 is 0 Å². The van der Waals surface area contributed by atoms with Crippen molar-refractivity contribution in [3.05, 3.63) is 6.29 Å². The molecule has 6 unspecified atom stereocenters. The van der Waals surface area contributed by atoms with Gasteiger partial charge in [0, 0.05) is 36.3 Å². The van der Waals surface area contributed by atoms with E-state index in [9.17, 15) is 0 Å². The van der Waals surface area contributed by atoms with Crippen molar-refractivity contribution in [2.45, 2.75) is 158 Å². The maximum absolute atomic E-state index is 2.77. The molecule has 1 radical (unpaired) electrons. The monoisotopic (exact) mass is 396 g/mol. The van der Waals surface area contributed by atoms with E-state index in [1.807, 2.05) is 0 Å². The van der Waals surface area contributed by atoms with Crippen molar-refractivity contribution in [1.82, 2.24) is 14.7 Å². The molecule has 0 aromatic heterocycles. The van der Waals surface area contributed by atoms with E-state index in [1.54, 1.807) is 0 Å². The fourth-order valence-electron chi connectivity index (χ4n) is 4.07. The van der Waals surface area contributed by atoms with Gasteiger partial charge in [0.15, 0.2) is 6.29 Å². The second-order valence-corrected chi connectivity index (χ2v) is 9.07. The number of rotatable bonds is 15. The van der Waals surface area contributed by atoms with Gasteiger partial charge in [0.1, 0.15) is 0 Å². The SMILES string of the molecule is CCC(C)N([C](N(C(C)CC)C(C)CC)N(C(C)CC)C(C)CC)C(C)CC. The Balaban J connectivity index is 6.65. The Hall–Kier alpha value is -0.120. The van der Waals surface area contributed by atoms with E-state index in [1.165, 1.54) is 44.8 Å². The minimum atomic E-state index is 0.538. The summed E-state index contributed by atoms with van der Waals surface area (Å²) in [4.78, 5) is 8.32. The Kier molecular flexibility index (Phi) is 13.9. The zero-order valence-corrected chi connectivity index (χ0v) is 21.5. The van der Waals surface area contributed by atoms with Crippen LogP contribution in [-0.4, -0.2) is 51.0 Å². The number of hydrogen-bond acceptors (Lipinski definition) is 3. The zero-order valence-electron chi connectivity index (χ0n) is 21.5. The summed E-state index contributed by atoms with van der Waals surface area (Å²) in [5.74, 6) is 0. The lowest BCUT2D eigenvalue weighted by molar-refractivity contribution is -0.0783. The molecule has 28 heavy (non-hydrogen) atoms. The van der Waals surface area contributed by atoms with Gasteiger partial charge < -0.3 is 0 Å². The van der Waals surface area contributed by atoms with E-state index in [-0.39, 0.29) is 0 Å². The van der Waals surface area contributed by atoms with Gasteiger partial charge in [-0.1, -0.05) is 41.5 Å². The molecule has 0 N–H and O–H groups in total. The van der Waals surface area contributed by atoms with E-state index in [2.05, 4.69) is 97.8 Å². The topological polar surface area (TPSA) is 9.72 Å². The quantitative estimate of drug-likeness (QED) is 0.291. The molecule has 169 valence electrons. The number of hydrogen-bond donors (Lipinski definition) is 0. The molecular weight excluding hydrogens is 342 g/mol. The number of nitrogens with zero attached hydrogens (tertiary/aromatic N) is 3. The van der Waals surface area contributed by atoms with Crippen molar-refractivity contribution in [3.63, 3.8) is 0 Å². The summed E-state index contributed by atoms with van der Waals surface area (Å²) in [7, 11) is 0. The first-order chi connectivity index (χ1) is 13.2. The molecule has 3 nitrogen and oxygen atoms in total. The Morgan fingerprint density at radius 1 is 0.393 bits per heavy atom. The molecule has 0 aliphatic heterocycles. The summed E-state index contributed by atoms with van der Waals surface area (Å²) in [6.07, 6.45) is 8.57. The van der Waals surface area contributed by atoms with Gasteiger partial charge >= 0.3 is 0 Å². The molecule has 0 aromatic carbocycles. The summed E-state index contributed by atoms with van der Waals surface area (Å²) in [6, 6.07) is 3.23. The second kappa shape index (κ2) is 14.0. The molecule has 0 rings (SSSR count). The van der Waals surface area contributed by atoms with Crippen LogP contribution in [0.15, 0.2) is 0 Å². The molecule has 0 spiro atoms. The van der Waals surface area contributed by atoms with Crippen molar-refractivity contribution in [3.8, 4) is 0 Å². The van der Waals surface area contributed by atoms with Gasteiger partial charge in [-0.3, -0.25) is 14.7 Å². The minimum absolute atomic E-state index is 0.538. The van der Waals surface area contributed by atoms with Crippen LogP contribution in [0.1, 0.15) is 122 Å². The van der Waals surface area contributed by atoms with Crippen LogP contribution in [0.3, 0.4) is 0 Å². The first kappa shape index (κ1) is 27.9. The fourth-order valence-corrected chi connectivity index (χ4v) is 4.07. The highest BCUT2D eigenvalue weighted by molar-refractivity contribution is 5.01. The van der Waals surface area contributed by atoms with Crippen LogP contribution in [0.2, 0.25) is 0 Å². The standard InChI is InChI=1S/C25H54N3/c1-13-19(7)26(20(8)14-2)25(27(21(9)15-3)22(10)16-4)28(23(11)17-5)24(12)18-6/h19-24H,13-18H2,1-12H3. The molecule has 0 saturated heterocycles. The van der Waals surface area contributed by atoms with E-state index in [0.29, 0.717) is 36.3 Å². The molecule has 6 atom stereocenters. The first-order valence-corrected chi connectivity index (χ1v) is 12.4. The Morgan fingerprint density at radius 3 is 0.643 bits per heavy atom. The molecule has 0 amide bonds. The fraction of sp³-hybridized carbons (Fsp3) is 0.960. The van der Waals surface area contributed by atoms with Crippen molar-refractivity contribution in [1.29, 1.82) is 0 Å². The predicted molar refractivity (Wildman–Crippen MR) is 127 cm³/mol. The third-order valence-electron chi connectivity index (χ3n) is 7.09. The smallest absolute Gasteiger partial charge is 0.180 e. The van der Waals surface area contributed by atoms with Crippen LogP contribution in [-0.2, 0) is 0 Å². The van der Waals surface area contributed by atoms with E-state index in [0.717, 1.165) is 0 Å². The average Bonchev–Trinajstić information content (AvgIpc) is 2.72. The summed E-state index contributed by atoms with van der Waals surface area (Å²) < 4.78 is 0. The molecule has 0 fully saturated rings. The van der Waals surface area contributed by atoms with E-state index >= 15 is 0 Å². The van der Waals surface area contributed by atoms with Crippen molar-refractivity contribution in [2.75, 3.05) is 0 Å². The Bertz CT molecular complexity index is 299. The van der Waals surface area contributed by atoms with Gasteiger partial charge in [-0.25, -0.2) is 0 Å². The van der Waals surface area contributed by atoms with Crippen molar-refractivity contribution >= 4 is 0 Å². The van der Waals surface area contributed by atoms with Gasteiger partial charge in [-0.2, -0.15) is 0 Å². The molecule has 0 aromatic rings. The van der Waals surface area contributed by atoms with E-state index < -0.39 is 0 Å². The summed E-state index contributed by atoms with van der Waals surface area (Å²) in [5, 5.41) is 0. The highest BCUT2D eigenvalue weighted by Crippen LogP contribution is 2.35. The lowest BCUT2D eigenvalue weighted by Crippen LogP contribution is -2.63. The normalized spacial score (nSPS) is 19.3.